The molecule has 1 aliphatic heterocycles. The zero-order chi connectivity index (χ0) is 16.9. The molecular weight excluding hydrogens is 322 g/mol. The molecule has 126 valence electrons. The van der Waals surface area contributed by atoms with Gasteiger partial charge in [0.2, 0.25) is 0 Å². The van der Waals surface area contributed by atoms with Gasteiger partial charge in [-0.15, -0.1) is 11.8 Å². The van der Waals surface area contributed by atoms with Crippen molar-refractivity contribution in [3.63, 3.8) is 0 Å². The second-order valence-corrected chi connectivity index (χ2v) is 6.56. The van der Waals surface area contributed by atoms with Gasteiger partial charge in [-0.3, -0.25) is 4.79 Å². The van der Waals surface area contributed by atoms with E-state index in [2.05, 4.69) is 0 Å². The summed E-state index contributed by atoms with van der Waals surface area (Å²) in [4.78, 5) is 16.0. The number of carbonyl (C=O) groups excluding carboxylic acids is 1. The molecule has 1 saturated heterocycles. The number of amides is 1. The minimum absolute atomic E-state index is 0.0264. The number of ether oxygens (including phenoxy) is 1. The molecule has 0 aliphatic carbocycles. The third kappa shape index (κ3) is 3.48. The highest BCUT2D eigenvalue weighted by Crippen LogP contribution is 2.31. The van der Waals surface area contributed by atoms with Gasteiger partial charge in [0.15, 0.2) is 0 Å². The normalized spacial score (nSPS) is 20.8. The molecule has 1 N–H and O–H groups in total. The molecule has 0 saturated carbocycles. The van der Waals surface area contributed by atoms with Crippen molar-refractivity contribution < 1.29 is 14.6 Å². The maximum absolute atomic E-state index is 13.1. The van der Waals surface area contributed by atoms with Crippen molar-refractivity contribution in [2.24, 2.45) is 0 Å². The van der Waals surface area contributed by atoms with Gasteiger partial charge in [0.1, 0.15) is 6.10 Å². The Hall–Kier alpha value is -1.82. The third-order valence-corrected chi connectivity index (χ3v) is 4.98. The van der Waals surface area contributed by atoms with Crippen LogP contribution >= 0.6 is 11.8 Å². The predicted octanol–water partition coefficient (Wildman–Crippen LogP) is 2.98. The van der Waals surface area contributed by atoms with Crippen LogP contribution in [0.4, 0.5) is 0 Å². The Morgan fingerprint density at radius 1 is 1.25 bits per heavy atom. The number of aliphatic hydroxyl groups excluding tert-OH is 1. The third-order valence-electron chi connectivity index (χ3n) is 4.25. The van der Waals surface area contributed by atoms with Crippen LogP contribution in [0.5, 0.6) is 0 Å². The lowest BCUT2D eigenvalue weighted by molar-refractivity contribution is -0.0811. The van der Waals surface area contributed by atoms with Crippen LogP contribution in [0.1, 0.15) is 22.0 Å². The monoisotopic (exact) mass is 343 g/mol. The number of thioether (sulfide) groups is 1. The van der Waals surface area contributed by atoms with E-state index in [-0.39, 0.29) is 18.6 Å². The van der Waals surface area contributed by atoms with Crippen molar-refractivity contribution in [2.45, 2.75) is 17.0 Å². The fourth-order valence-electron chi connectivity index (χ4n) is 3.08. The van der Waals surface area contributed by atoms with Crippen molar-refractivity contribution in [1.29, 1.82) is 0 Å². The summed E-state index contributed by atoms with van der Waals surface area (Å²) >= 11 is 1.61. The number of aliphatic hydroxyl groups is 1. The quantitative estimate of drug-likeness (QED) is 0.867. The second-order valence-electron chi connectivity index (χ2n) is 5.68. The number of hydrogen-bond donors (Lipinski definition) is 1. The topological polar surface area (TPSA) is 49.8 Å². The summed E-state index contributed by atoms with van der Waals surface area (Å²) in [6.45, 7) is 0.828. The summed E-state index contributed by atoms with van der Waals surface area (Å²) in [6.07, 6.45) is 1.58. The predicted molar refractivity (Wildman–Crippen MR) is 95.3 cm³/mol. The zero-order valence-corrected chi connectivity index (χ0v) is 14.4. The summed E-state index contributed by atoms with van der Waals surface area (Å²) in [6, 6.07) is 17.1. The van der Waals surface area contributed by atoms with Crippen LogP contribution in [0.2, 0.25) is 0 Å². The molecule has 0 radical (unpaired) electrons. The fourth-order valence-corrected chi connectivity index (χ4v) is 3.54. The van der Waals surface area contributed by atoms with Crippen LogP contribution in [0, 0.1) is 0 Å². The van der Waals surface area contributed by atoms with Crippen molar-refractivity contribution in [3.05, 3.63) is 65.7 Å². The lowest BCUT2D eigenvalue weighted by Gasteiger charge is -2.41. The highest BCUT2D eigenvalue weighted by Gasteiger charge is 2.36. The molecule has 4 nitrogen and oxygen atoms in total. The van der Waals surface area contributed by atoms with Crippen LogP contribution in [-0.2, 0) is 4.74 Å². The molecule has 3 rings (SSSR count). The van der Waals surface area contributed by atoms with Gasteiger partial charge < -0.3 is 14.7 Å². The first-order valence-corrected chi connectivity index (χ1v) is 9.19. The minimum atomic E-state index is -0.408. The van der Waals surface area contributed by atoms with E-state index in [1.165, 1.54) is 0 Å². The van der Waals surface area contributed by atoms with Crippen molar-refractivity contribution in [2.75, 3.05) is 26.0 Å². The van der Waals surface area contributed by atoms with Crippen LogP contribution in [-0.4, -0.2) is 48.0 Å². The van der Waals surface area contributed by atoms with Crippen molar-refractivity contribution in [3.8, 4) is 0 Å². The Morgan fingerprint density at radius 2 is 2.04 bits per heavy atom. The summed E-state index contributed by atoms with van der Waals surface area (Å²) in [5.74, 6) is -0.0264. The van der Waals surface area contributed by atoms with E-state index >= 15 is 0 Å². The maximum Gasteiger partial charge on any atom is 0.254 e. The van der Waals surface area contributed by atoms with Crippen molar-refractivity contribution >= 4 is 17.7 Å². The Morgan fingerprint density at radius 3 is 2.75 bits per heavy atom. The highest BCUT2D eigenvalue weighted by molar-refractivity contribution is 7.98. The lowest BCUT2D eigenvalue weighted by atomic mass is 9.97. The molecule has 0 spiro atoms. The summed E-state index contributed by atoms with van der Waals surface area (Å²) in [5.41, 5.74) is 1.65. The number of benzene rings is 2. The summed E-state index contributed by atoms with van der Waals surface area (Å²) in [5, 5.41) is 9.71. The highest BCUT2D eigenvalue weighted by atomic mass is 32.2. The fraction of sp³-hybridized carbons (Fsp3) is 0.316. The molecule has 5 heteroatoms. The first-order chi connectivity index (χ1) is 11.7. The van der Waals surface area contributed by atoms with E-state index in [4.69, 9.17) is 4.74 Å². The Bertz CT molecular complexity index is 692. The molecule has 24 heavy (non-hydrogen) atoms. The molecule has 0 unspecified atom stereocenters. The first-order valence-electron chi connectivity index (χ1n) is 7.97. The summed E-state index contributed by atoms with van der Waals surface area (Å²) < 4.78 is 5.71. The Balaban J connectivity index is 1.95. The van der Waals surface area contributed by atoms with E-state index < -0.39 is 6.10 Å². The van der Waals surface area contributed by atoms with Crippen molar-refractivity contribution in [1.82, 2.24) is 4.90 Å². The van der Waals surface area contributed by atoms with E-state index in [1.807, 2.05) is 65.8 Å². The van der Waals surface area contributed by atoms with Crippen LogP contribution < -0.4 is 0 Å². The van der Waals surface area contributed by atoms with Gasteiger partial charge in [0.05, 0.1) is 19.3 Å². The zero-order valence-electron chi connectivity index (χ0n) is 13.6. The largest absolute Gasteiger partial charge is 0.394 e. The standard InChI is InChI=1S/C19H21NO3S/c1-24-16-9-5-8-15(12-16)19(22)20-10-11-23-17(13-21)18(20)14-6-3-2-4-7-14/h2-9,12,17-18,21H,10-11,13H2,1H3/t17-,18-/m0/s1. The number of rotatable bonds is 4. The van der Waals surface area contributed by atoms with Crippen LogP contribution in [0.15, 0.2) is 59.5 Å². The average molecular weight is 343 g/mol. The van der Waals surface area contributed by atoms with E-state index in [0.29, 0.717) is 18.7 Å². The number of morpholine rings is 1. The van der Waals surface area contributed by atoms with Gasteiger partial charge in [0, 0.05) is 17.0 Å². The lowest BCUT2D eigenvalue weighted by Crippen LogP contribution is -2.49. The van der Waals surface area contributed by atoms with E-state index in [9.17, 15) is 9.90 Å². The number of nitrogens with zero attached hydrogens (tertiary/aromatic N) is 1. The molecule has 1 amide bonds. The second kappa shape index (κ2) is 7.83. The van der Waals surface area contributed by atoms with Crippen LogP contribution in [0.25, 0.3) is 0 Å². The number of hydrogen-bond acceptors (Lipinski definition) is 4. The molecule has 2 aromatic carbocycles. The maximum atomic E-state index is 13.1. The molecule has 1 fully saturated rings. The molecule has 0 bridgehead atoms. The van der Waals surface area contributed by atoms with E-state index in [1.54, 1.807) is 11.8 Å². The van der Waals surface area contributed by atoms with Gasteiger partial charge in [-0.05, 0) is 30.0 Å². The average Bonchev–Trinajstić information content (AvgIpc) is 2.67. The van der Waals surface area contributed by atoms with Gasteiger partial charge in [-0.1, -0.05) is 36.4 Å². The molecule has 1 heterocycles. The number of carbonyl (C=O) groups is 1. The Kier molecular flexibility index (Phi) is 5.56. The van der Waals surface area contributed by atoms with Crippen LogP contribution in [0.3, 0.4) is 0 Å². The molecule has 2 aromatic rings. The molecule has 1 aliphatic rings. The smallest absolute Gasteiger partial charge is 0.254 e. The molecule has 0 aromatic heterocycles. The van der Waals surface area contributed by atoms with E-state index in [0.717, 1.165) is 10.5 Å². The summed E-state index contributed by atoms with van der Waals surface area (Å²) in [7, 11) is 0. The molecule has 2 atom stereocenters. The molecular formula is C19H21NO3S. The van der Waals surface area contributed by atoms with Gasteiger partial charge in [0.25, 0.3) is 5.91 Å². The van der Waals surface area contributed by atoms with Gasteiger partial charge in [-0.2, -0.15) is 0 Å². The van der Waals surface area contributed by atoms with Gasteiger partial charge in [-0.25, -0.2) is 0 Å². The SMILES string of the molecule is CSc1cccc(C(=O)N2CCO[C@@H](CO)[C@@H]2c2ccccc2)c1. The van der Waals surface area contributed by atoms with Gasteiger partial charge >= 0.3 is 0 Å². The first kappa shape index (κ1) is 17.0. The Labute approximate surface area is 146 Å². The minimum Gasteiger partial charge on any atom is -0.394 e.